The quantitative estimate of drug-likeness (QED) is 0.643. The lowest BCUT2D eigenvalue weighted by molar-refractivity contribution is -0.384. The second-order valence-corrected chi connectivity index (χ2v) is 4.88. The average molecular weight is 292 g/mol. The smallest absolute Gasteiger partial charge is 0.258 e. The molecule has 0 radical (unpaired) electrons. The first-order valence-electron chi connectivity index (χ1n) is 6.75. The monoisotopic (exact) mass is 292 g/mol. The van der Waals surface area contributed by atoms with E-state index in [0.29, 0.717) is 12.1 Å². The van der Waals surface area contributed by atoms with Crippen LogP contribution in [-0.2, 0) is 0 Å². The maximum Gasteiger partial charge on any atom is 0.269 e. The molecule has 1 atom stereocenters. The molecule has 1 aliphatic heterocycles. The first-order chi connectivity index (χ1) is 10.7. The summed E-state index contributed by atoms with van der Waals surface area (Å²) in [5, 5.41) is 26.2. The van der Waals surface area contributed by atoms with Crippen molar-refractivity contribution < 1.29 is 4.92 Å². The highest BCUT2D eigenvalue weighted by Crippen LogP contribution is 2.28. The van der Waals surface area contributed by atoms with Crippen molar-refractivity contribution in [2.24, 2.45) is 5.10 Å². The van der Waals surface area contributed by atoms with Gasteiger partial charge in [-0.05, 0) is 17.7 Å². The lowest BCUT2D eigenvalue weighted by atomic mass is 10.0. The summed E-state index contributed by atoms with van der Waals surface area (Å²) in [5.41, 5.74) is 2.50. The Hall–Kier alpha value is -3.20. The highest BCUT2D eigenvalue weighted by atomic mass is 16.6. The lowest BCUT2D eigenvalue weighted by Gasteiger charge is -2.17. The molecule has 2 aromatic rings. The van der Waals surface area contributed by atoms with Crippen LogP contribution in [0.4, 0.5) is 11.4 Å². The van der Waals surface area contributed by atoms with Crippen LogP contribution in [0.5, 0.6) is 0 Å². The molecule has 0 N–H and O–H groups in total. The van der Waals surface area contributed by atoms with E-state index in [2.05, 4.69) is 11.2 Å². The van der Waals surface area contributed by atoms with Crippen molar-refractivity contribution in [3.8, 4) is 6.07 Å². The van der Waals surface area contributed by atoms with Crippen molar-refractivity contribution in [1.29, 1.82) is 5.26 Å². The van der Waals surface area contributed by atoms with E-state index in [1.807, 2.05) is 30.3 Å². The van der Waals surface area contributed by atoms with Gasteiger partial charge < -0.3 is 0 Å². The van der Waals surface area contributed by atoms with Crippen LogP contribution in [0.3, 0.4) is 0 Å². The molecule has 0 fully saturated rings. The van der Waals surface area contributed by atoms with Gasteiger partial charge in [0, 0.05) is 18.6 Å². The average Bonchev–Trinajstić information content (AvgIpc) is 3.00. The summed E-state index contributed by atoms with van der Waals surface area (Å²) in [7, 11) is 0. The molecule has 108 valence electrons. The summed E-state index contributed by atoms with van der Waals surface area (Å²) >= 11 is 0. The molecule has 6 heteroatoms. The zero-order valence-electron chi connectivity index (χ0n) is 11.6. The summed E-state index contributed by atoms with van der Waals surface area (Å²) in [6.07, 6.45) is 0.525. The SMILES string of the molecule is N#C[C@@H]1CC(c2ccccc2)=NN1c1ccc([N+](=O)[O-])cc1. The molecule has 0 amide bonds. The van der Waals surface area contributed by atoms with Crippen LogP contribution in [0.1, 0.15) is 12.0 Å². The highest BCUT2D eigenvalue weighted by Gasteiger charge is 2.28. The van der Waals surface area contributed by atoms with E-state index in [1.165, 1.54) is 12.1 Å². The Morgan fingerprint density at radius 2 is 1.86 bits per heavy atom. The number of hydrazone groups is 1. The zero-order valence-corrected chi connectivity index (χ0v) is 11.6. The fraction of sp³-hybridized carbons (Fsp3) is 0.125. The third-order valence-corrected chi connectivity index (χ3v) is 3.49. The topological polar surface area (TPSA) is 82.5 Å². The van der Waals surface area contributed by atoms with Gasteiger partial charge in [-0.1, -0.05) is 30.3 Å². The zero-order chi connectivity index (χ0) is 15.5. The maximum absolute atomic E-state index is 10.7. The van der Waals surface area contributed by atoms with Crippen molar-refractivity contribution in [3.63, 3.8) is 0 Å². The Labute approximate surface area is 127 Å². The van der Waals surface area contributed by atoms with Gasteiger partial charge in [0.25, 0.3) is 5.69 Å². The second kappa shape index (κ2) is 5.66. The number of nitriles is 1. The molecule has 1 aliphatic rings. The summed E-state index contributed by atoms with van der Waals surface area (Å²) in [6, 6.07) is 17.6. The number of rotatable bonds is 3. The largest absolute Gasteiger partial charge is 0.269 e. The lowest BCUT2D eigenvalue weighted by Crippen LogP contribution is -2.24. The minimum atomic E-state index is -0.450. The minimum absolute atomic E-state index is 0.0173. The number of nitrogens with zero attached hydrogens (tertiary/aromatic N) is 4. The molecule has 0 saturated heterocycles. The van der Waals surface area contributed by atoms with Gasteiger partial charge in [-0.15, -0.1) is 0 Å². The normalized spacial score (nSPS) is 17.0. The molecule has 0 spiro atoms. The predicted octanol–water partition coefficient (Wildman–Crippen LogP) is 3.10. The van der Waals surface area contributed by atoms with Gasteiger partial charge in [0.1, 0.15) is 6.04 Å². The molecular weight excluding hydrogens is 280 g/mol. The van der Waals surface area contributed by atoms with E-state index in [-0.39, 0.29) is 5.69 Å². The van der Waals surface area contributed by atoms with Gasteiger partial charge >= 0.3 is 0 Å². The van der Waals surface area contributed by atoms with Gasteiger partial charge in [0.05, 0.1) is 22.4 Å². The number of hydrogen-bond acceptors (Lipinski definition) is 5. The Morgan fingerprint density at radius 3 is 2.45 bits per heavy atom. The molecule has 0 aliphatic carbocycles. The van der Waals surface area contributed by atoms with E-state index in [9.17, 15) is 15.4 Å². The Balaban J connectivity index is 1.93. The Kier molecular flexibility index (Phi) is 3.54. The molecule has 3 rings (SSSR count). The number of nitro benzene ring substituents is 1. The molecule has 0 saturated carbocycles. The van der Waals surface area contributed by atoms with Crippen LogP contribution in [0.15, 0.2) is 59.7 Å². The fourth-order valence-corrected chi connectivity index (χ4v) is 2.38. The van der Waals surface area contributed by atoms with Crippen LogP contribution in [0.2, 0.25) is 0 Å². The van der Waals surface area contributed by atoms with Gasteiger partial charge in [0.15, 0.2) is 0 Å². The first kappa shape index (κ1) is 13.8. The molecule has 0 bridgehead atoms. The summed E-state index contributed by atoms with van der Waals surface area (Å²) in [4.78, 5) is 10.3. The molecule has 22 heavy (non-hydrogen) atoms. The van der Waals surface area contributed by atoms with Crippen LogP contribution in [0, 0.1) is 21.4 Å². The number of hydrogen-bond donors (Lipinski definition) is 0. The van der Waals surface area contributed by atoms with Gasteiger partial charge in [-0.3, -0.25) is 10.1 Å². The predicted molar refractivity (Wildman–Crippen MR) is 82.6 cm³/mol. The van der Waals surface area contributed by atoms with Crippen molar-refractivity contribution in [3.05, 3.63) is 70.3 Å². The molecule has 0 aromatic heterocycles. The summed E-state index contributed by atoms with van der Waals surface area (Å²) in [5.74, 6) is 0. The van der Waals surface area contributed by atoms with Crippen molar-refractivity contribution in [2.75, 3.05) is 5.01 Å². The third kappa shape index (κ3) is 2.52. The maximum atomic E-state index is 10.7. The Morgan fingerprint density at radius 1 is 1.18 bits per heavy atom. The summed E-state index contributed by atoms with van der Waals surface area (Å²) in [6.45, 7) is 0. The van der Waals surface area contributed by atoms with Crippen LogP contribution in [-0.4, -0.2) is 16.7 Å². The highest BCUT2D eigenvalue weighted by molar-refractivity contribution is 6.03. The Bertz CT molecular complexity index is 763. The fourth-order valence-electron chi connectivity index (χ4n) is 2.38. The first-order valence-corrected chi connectivity index (χ1v) is 6.75. The van der Waals surface area contributed by atoms with Crippen LogP contribution in [0.25, 0.3) is 0 Å². The second-order valence-electron chi connectivity index (χ2n) is 4.88. The third-order valence-electron chi connectivity index (χ3n) is 3.49. The van der Waals surface area contributed by atoms with Crippen molar-refractivity contribution in [2.45, 2.75) is 12.5 Å². The number of benzene rings is 2. The standard InChI is InChI=1S/C16H12N4O2/c17-11-15-10-16(12-4-2-1-3-5-12)18-19(15)13-6-8-14(9-7-13)20(21)22/h1-9,15H,10H2/t15-/m0/s1. The van der Waals surface area contributed by atoms with Crippen molar-refractivity contribution >= 4 is 17.1 Å². The van der Waals surface area contributed by atoms with E-state index >= 15 is 0 Å². The van der Waals surface area contributed by atoms with E-state index in [4.69, 9.17) is 0 Å². The van der Waals surface area contributed by atoms with E-state index in [1.54, 1.807) is 17.1 Å². The van der Waals surface area contributed by atoms with Gasteiger partial charge in [-0.2, -0.15) is 10.4 Å². The number of non-ortho nitro benzene ring substituents is 1. The van der Waals surface area contributed by atoms with Crippen LogP contribution >= 0.6 is 0 Å². The van der Waals surface area contributed by atoms with Gasteiger partial charge in [0.2, 0.25) is 0 Å². The molecule has 1 heterocycles. The minimum Gasteiger partial charge on any atom is -0.258 e. The summed E-state index contributed by atoms with van der Waals surface area (Å²) < 4.78 is 0. The number of nitro groups is 1. The molecule has 6 nitrogen and oxygen atoms in total. The van der Waals surface area contributed by atoms with Crippen molar-refractivity contribution in [1.82, 2.24) is 0 Å². The molecule has 2 aromatic carbocycles. The number of anilines is 1. The molecular formula is C16H12N4O2. The van der Waals surface area contributed by atoms with E-state index in [0.717, 1.165) is 11.3 Å². The van der Waals surface area contributed by atoms with E-state index < -0.39 is 11.0 Å². The molecule has 0 unspecified atom stereocenters. The van der Waals surface area contributed by atoms with Crippen LogP contribution < -0.4 is 5.01 Å². The van der Waals surface area contributed by atoms with Gasteiger partial charge in [-0.25, -0.2) is 5.01 Å².